The Kier molecular flexibility index (Phi) is 8.52. The van der Waals surface area contributed by atoms with Gasteiger partial charge in [0.2, 0.25) is 11.8 Å². The average molecular weight is 417 g/mol. The molecule has 2 aromatic rings. The number of amides is 2. The van der Waals surface area contributed by atoms with Crippen molar-refractivity contribution in [1.29, 1.82) is 0 Å². The maximum Gasteiger partial charge on any atom is 0.243 e. The number of nitrogens with zero attached hydrogens (tertiary/aromatic N) is 1. The molecule has 0 saturated carbocycles. The first-order valence-corrected chi connectivity index (χ1v) is 10.2. The molecule has 29 heavy (non-hydrogen) atoms. The second-order valence-corrected chi connectivity index (χ2v) is 7.70. The van der Waals surface area contributed by atoms with Crippen LogP contribution in [0.4, 0.5) is 0 Å². The summed E-state index contributed by atoms with van der Waals surface area (Å²) in [7, 11) is 1.60. The van der Waals surface area contributed by atoms with Crippen LogP contribution in [0.2, 0.25) is 5.02 Å². The van der Waals surface area contributed by atoms with Crippen molar-refractivity contribution in [3.05, 3.63) is 64.7 Å². The van der Waals surface area contributed by atoms with E-state index in [1.807, 2.05) is 57.2 Å². The summed E-state index contributed by atoms with van der Waals surface area (Å²) in [5, 5.41) is 3.56. The number of benzene rings is 2. The van der Waals surface area contributed by atoms with Crippen LogP contribution in [0.3, 0.4) is 0 Å². The highest BCUT2D eigenvalue weighted by Gasteiger charge is 2.29. The number of hydrogen-bond acceptors (Lipinski definition) is 3. The second-order valence-electron chi connectivity index (χ2n) is 7.26. The molecule has 0 unspecified atom stereocenters. The molecule has 1 N–H and O–H groups in total. The molecule has 6 heteroatoms. The molecule has 0 aromatic heterocycles. The van der Waals surface area contributed by atoms with E-state index in [1.165, 1.54) is 0 Å². The minimum atomic E-state index is -0.552. The van der Waals surface area contributed by atoms with Crippen LogP contribution < -0.4 is 10.1 Å². The summed E-state index contributed by atoms with van der Waals surface area (Å²) in [6.07, 6.45) is 0.724. The molecule has 0 fully saturated rings. The molecule has 2 aromatic carbocycles. The number of carbonyl (C=O) groups excluding carboxylic acids is 2. The van der Waals surface area contributed by atoms with Gasteiger partial charge in [0.25, 0.3) is 0 Å². The van der Waals surface area contributed by atoms with E-state index < -0.39 is 6.04 Å². The van der Waals surface area contributed by atoms with Crippen molar-refractivity contribution in [3.8, 4) is 5.75 Å². The summed E-state index contributed by atoms with van der Waals surface area (Å²) in [4.78, 5) is 27.7. The Bertz CT molecular complexity index is 821. The summed E-state index contributed by atoms with van der Waals surface area (Å²) >= 11 is 5.95. The fourth-order valence-corrected chi connectivity index (χ4v) is 3.27. The van der Waals surface area contributed by atoms with Gasteiger partial charge < -0.3 is 15.0 Å². The van der Waals surface area contributed by atoms with Crippen molar-refractivity contribution in [2.75, 3.05) is 7.11 Å². The first-order chi connectivity index (χ1) is 13.8. The van der Waals surface area contributed by atoms with Crippen LogP contribution in [-0.4, -0.2) is 35.9 Å². The van der Waals surface area contributed by atoms with Crippen molar-refractivity contribution in [2.45, 2.75) is 52.2 Å². The zero-order chi connectivity index (χ0) is 21.4. The van der Waals surface area contributed by atoms with E-state index in [1.54, 1.807) is 24.1 Å². The third-order valence-corrected chi connectivity index (χ3v) is 4.82. The minimum absolute atomic E-state index is 0.00147. The monoisotopic (exact) mass is 416 g/mol. The Balaban J connectivity index is 2.30. The minimum Gasteiger partial charge on any atom is -0.497 e. The van der Waals surface area contributed by atoms with Gasteiger partial charge in [-0.2, -0.15) is 0 Å². The van der Waals surface area contributed by atoms with Crippen molar-refractivity contribution >= 4 is 23.4 Å². The van der Waals surface area contributed by atoms with Crippen molar-refractivity contribution in [2.24, 2.45) is 0 Å². The zero-order valence-electron chi connectivity index (χ0n) is 17.4. The SMILES string of the molecule is CC[C@@H](C(=O)NC(C)C)N(Cc1cccc(OC)c1)C(=O)Cc1ccc(Cl)cc1. The number of halogens is 1. The molecule has 0 aliphatic heterocycles. The first-order valence-electron chi connectivity index (χ1n) is 9.81. The molecule has 0 aliphatic carbocycles. The van der Waals surface area contributed by atoms with Crippen LogP contribution in [0.5, 0.6) is 5.75 Å². The lowest BCUT2D eigenvalue weighted by molar-refractivity contribution is -0.141. The normalized spacial score (nSPS) is 11.8. The third kappa shape index (κ3) is 6.79. The van der Waals surface area contributed by atoms with Crippen molar-refractivity contribution < 1.29 is 14.3 Å². The average Bonchev–Trinajstić information content (AvgIpc) is 2.69. The molecule has 156 valence electrons. The maximum atomic E-state index is 13.2. The lowest BCUT2D eigenvalue weighted by Gasteiger charge is -2.31. The fourth-order valence-electron chi connectivity index (χ4n) is 3.15. The van der Waals surface area contributed by atoms with E-state index in [0.717, 1.165) is 11.1 Å². The second kappa shape index (κ2) is 10.9. The van der Waals surface area contributed by atoms with Gasteiger partial charge in [-0.1, -0.05) is 42.8 Å². The molecule has 0 heterocycles. The predicted molar refractivity (Wildman–Crippen MR) is 116 cm³/mol. The number of carbonyl (C=O) groups is 2. The van der Waals surface area contributed by atoms with Crippen LogP contribution in [0.15, 0.2) is 48.5 Å². The van der Waals surface area contributed by atoms with Gasteiger partial charge in [0, 0.05) is 17.6 Å². The number of ether oxygens (including phenoxy) is 1. The molecule has 2 amide bonds. The molecular formula is C23H29ClN2O3. The summed E-state index contributed by atoms with van der Waals surface area (Å²) in [6.45, 7) is 6.06. The lowest BCUT2D eigenvalue weighted by Crippen LogP contribution is -2.50. The molecule has 0 spiro atoms. The Morgan fingerprint density at radius 3 is 2.38 bits per heavy atom. The van der Waals surface area contributed by atoms with Crippen molar-refractivity contribution in [1.82, 2.24) is 10.2 Å². The van der Waals surface area contributed by atoms with Gasteiger partial charge in [-0.3, -0.25) is 9.59 Å². The lowest BCUT2D eigenvalue weighted by atomic mass is 10.1. The highest BCUT2D eigenvalue weighted by molar-refractivity contribution is 6.30. The molecule has 0 radical (unpaired) electrons. The van der Waals surface area contributed by atoms with E-state index in [-0.39, 0.29) is 24.3 Å². The Hall–Kier alpha value is -2.53. The van der Waals surface area contributed by atoms with Gasteiger partial charge in [0.15, 0.2) is 0 Å². The summed E-state index contributed by atoms with van der Waals surface area (Å²) in [5.74, 6) is 0.461. The Morgan fingerprint density at radius 1 is 1.10 bits per heavy atom. The predicted octanol–water partition coefficient (Wildman–Crippen LogP) is 4.22. The fraction of sp³-hybridized carbons (Fsp3) is 0.391. The largest absolute Gasteiger partial charge is 0.497 e. The van der Waals surface area contributed by atoms with Crippen LogP contribution in [0, 0.1) is 0 Å². The quantitative estimate of drug-likeness (QED) is 0.665. The van der Waals surface area contributed by atoms with Crippen LogP contribution in [0.25, 0.3) is 0 Å². The summed E-state index contributed by atoms with van der Waals surface area (Å²) < 4.78 is 5.30. The number of methoxy groups -OCH3 is 1. The molecule has 0 saturated heterocycles. The number of hydrogen-bond donors (Lipinski definition) is 1. The zero-order valence-corrected chi connectivity index (χ0v) is 18.2. The van der Waals surface area contributed by atoms with Gasteiger partial charge in [-0.05, 0) is 55.7 Å². The van der Waals surface area contributed by atoms with E-state index in [0.29, 0.717) is 23.7 Å². The van der Waals surface area contributed by atoms with Crippen molar-refractivity contribution in [3.63, 3.8) is 0 Å². The first kappa shape index (κ1) is 22.8. The van der Waals surface area contributed by atoms with E-state index in [4.69, 9.17) is 16.3 Å². The highest BCUT2D eigenvalue weighted by atomic mass is 35.5. The van der Waals surface area contributed by atoms with Gasteiger partial charge in [0.1, 0.15) is 11.8 Å². The molecule has 0 aliphatic rings. The molecule has 1 atom stereocenters. The number of nitrogens with one attached hydrogen (secondary N) is 1. The summed E-state index contributed by atoms with van der Waals surface area (Å²) in [5.41, 5.74) is 1.76. The summed E-state index contributed by atoms with van der Waals surface area (Å²) in [6, 6.07) is 14.2. The molecule has 2 rings (SSSR count). The van der Waals surface area contributed by atoms with Crippen LogP contribution in [-0.2, 0) is 22.6 Å². The Morgan fingerprint density at radius 2 is 1.79 bits per heavy atom. The smallest absolute Gasteiger partial charge is 0.243 e. The molecule has 0 bridgehead atoms. The van der Waals surface area contributed by atoms with Gasteiger partial charge in [0.05, 0.1) is 13.5 Å². The molecular weight excluding hydrogens is 388 g/mol. The Labute approximate surface area is 178 Å². The number of rotatable bonds is 9. The van der Waals surface area contributed by atoms with Gasteiger partial charge >= 0.3 is 0 Å². The maximum absolute atomic E-state index is 13.2. The topological polar surface area (TPSA) is 58.6 Å². The van der Waals surface area contributed by atoms with Gasteiger partial charge in [-0.25, -0.2) is 0 Å². The van der Waals surface area contributed by atoms with Gasteiger partial charge in [-0.15, -0.1) is 0 Å². The van der Waals surface area contributed by atoms with Crippen LogP contribution in [0.1, 0.15) is 38.3 Å². The van der Waals surface area contributed by atoms with E-state index >= 15 is 0 Å². The highest BCUT2D eigenvalue weighted by Crippen LogP contribution is 2.19. The van der Waals surface area contributed by atoms with Crippen LogP contribution >= 0.6 is 11.6 Å². The molecule has 5 nitrogen and oxygen atoms in total. The third-order valence-electron chi connectivity index (χ3n) is 4.57. The van der Waals surface area contributed by atoms with E-state index in [2.05, 4.69) is 5.32 Å². The standard InChI is InChI=1S/C23H29ClN2O3/c1-5-21(23(28)25-16(2)3)26(15-18-7-6-8-20(13-18)29-4)22(27)14-17-9-11-19(24)12-10-17/h6-13,16,21H,5,14-15H2,1-4H3,(H,25,28)/t21-/m0/s1. The van der Waals surface area contributed by atoms with E-state index in [9.17, 15) is 9.59 Å².